The van der Waals surface area contributed by atoms with Gasteiger partial charge in [-0.1, -0.05) is 19.1 Å². The molecule has 0 amide bonds. The smallest absolute Gasteiger partial charge is 0.310 e. The molecule has 1 aliphatic rings. The van der Waals surface area contributed by atoms with Gasteiger partial charge < -0.3 is 5.32 Å². The van der Waals surface area contributed by atoms with Gasteiger partial charge in [0.1, 0.15) is 0 Å². The number of hydrogen-bond donors (Lipinski definition) is 1. The van der Waals surface area contributed by atoms with E-state index in [1.807, 2.05) is 0 Å². The van der Waals surface area contributed by atoms with E-state index < -0.39 is 11.7 Å². The predicted octanol–water partition coefficient (Wildman–Crippen LogP) is 3.77. The quantitative estimate of drug-likeness (QED) is 0.791. The van der Waals surface area contributed by atoms with Gasteiger partial charge in [0, 0.05) is 6.04 Å². The van der Waals surface area contributed by atoms with Gasteiger partial charge in [-0.05, 0) is 43.0 Å². The van der Waals surface area contributed by atoms with Crippen molar-refractivity contribution in [3.63, 3.8) is 0 Å². The Labute approximate surface area is 99.0 Å². The highest BCUT2D eigenvalue weighted by atomic mass is 19.4. The summed E-state index contributed by atoms with van der Waals surface area (Å²) in [7, 11) is 0. The summed E-state index contributed by atoms with van der Waals surface area (Å²) in [4.78, 5) is 0. The van der Waals surface area contributed by atoms with E-state index in [4.69, 9.17) is 0 Å². The summed E-state index contributed by atoms with van der Waals surface area (Å²) in [5.74, 6) is 0.608. The van der Waals surface area contributed by atoms with E-state index in [9.17, 15) is 13.2 Å². The van der Waals surface area contributed by atoms with E-state index in [0.717, 1.165) is 31.0 Å². The maximum atomic E-state index is 12.6. The van der Waals surface area contributed by atoms with Crippen molar-refractivity contribution in [2.24, 2.45) is 5.92 Å². The minimum atomic E-state index is -4.25. The number of rotatable bonds is 1. The van der Waals surface area contributed by atoms with Crippen molar-refractivity contribution in [3.05, 3.63) is 35.4 Å². The Morgan fingerprint density at radius 3 is 2.59 bits per heavy atom. The van der Waals surface area contributed by atoms with Gasteiger partial charge in [-0.3, -0.25) is 0 Å². The molecule has 17 heavy (non-hydrogen) atoms. The Balaban J connectivity index is 2.16. The van der Waals surface area contributed by atoms with Crippen molar-refractivity contribution in [2.45, 2.75) is 32.0 Å². The van der Waals surface area contributed by atoms with Crippen LogP contribution in [0.25, 0.3) is 0 Å². The predicted molar refractivity (Wildman–Crippen MR) is 60.6 cm³/mol. The Morgan fingerprint density at radius 2 is 2.00 bits per heavy atom. The van der Waals surface area contributed by atoms with Gasteiger partial charge in [0.15, 0.2) is 0 Å². The van der Waals surface area contributed by atoms with Crippen LogP contribution in [0, 0.1) is 5.92 Å². The number of nitrogens with one attached hydrogen (secondary N) is 1. The minimum absolute atomic E-state index is 0.0634. The fourth-order valence-corrected chi connectivity index (χ4v) is 2.22. The molecule has 1 N–H and O–H groups in total. The van der Waals surface area contributed by atoms with Crippen LogP contribution >= 0.6 is 0 Å². The second-order valence-electron chi connectivity index (χ2n) is 4.77. The highest BCUT2D eigenvalue weighted by Gasteiger charge is 2.31. The minimum Gasteiger partial charge on any atom is -0.310 e. The first-order valence-corrected chi connectivity index (χ1v) is 5.87. The lowest BCUT2D eigenvalue weighted by molar-refractivity contribution is -0.137. The Hall–Kier alpha value is -1.03. The molecular weight excluding hydrogens is 227 g/mol. The van der Waals surface area contributed by atoms with Gasteiger partial charge in [-0.2, -0.15) is 13.2 Å². The molecule has 1 heterocycles. The van der Waals surface area contributed by atoms with Crippen LogP contribution in [0.5, 0.6) is 0 Å². The van der Waals surface area contributed by atoms with Gasteiger partial charge in [0.05, 0.1) is 5.56 Å². The van der Waals surface area contributed by atoms with E-state index in [1.165, 1.54) is 12.1 Å². The number of benzene rings is 1. The molecule has 1 fully saturated rings. The fraction of sp³-hybridized carbons (Fsp3) is 0.538. The molecule has 0 aromatic heterocycles. The molecule has 1 nitrogen and oxygen atoms in total. The van der Waals surface area contributed by atoms with Gasteiger partial charge in [-0.25, -0.2) is 0 Å². The Bertz CT molecular complexity index is 378. The molecule has 1 aliphatic heterocycles. The molecule has 0 radical (unpaired) electrons. The van der Waals surface area contributed by atoms with Gasteiger partial charge >= 0.3 is 6.18 Å². The molecular formula is C13H16F3N. The van der Waals surface area contributed by atoms with Crippen LogP contribution in [-0.4, -0.2) is 6.54 Å². The molecule has 1 saturated heterocycles. The second kappa shape index (κ2) is 4.69. The van der Waals surface area contributed by atoms with Crippen LogP contribution in [0.15, 0.2) is 24.3 Å². The summed E-state index contributed by atoms with van der Waals surface area (Å²) in [6.45, 7) is 3.02. The second-order valence-corrected chi connectivity index (χ2v) is 4.77. The van der Waals surface area contributed by atoms with Crippen molar-refractivity contribution >= 4 is 0 Å². The largest absolute Gasteiger partial charge is 0.416 e. The third kappa shape index (κ3) is 3.00. The van der Waals surface area contributed by atoms with Crippen LogP contribution in [-0.2, 0) is 6.18 Å². The van der Waals surface area contributed by atoms with Crippen LogP contribution < -0.4 is 5.32 Å². The van der Waals surface area contributed by atoms with Crippen molar-refractivity contribution in [1.29, 1.82) is 0 Å². The third-order valence-electron chi connectivity index (χ3n) is 3.28. The summed E-state index contributed by atoms with van der Waals surface area (Å²) in [6.07, 6.45) is -2.28. The maximum Gasteiger partial charge on any atom is 0.416 e. The summed E-state index contributed by atoms with van der Waals surface area (Å²) < 4.78 is 37.7. The normalized spacial score (nSPS) is 25.9. The van der Waals surface area contributed by atoms with E-state index in [-0.39, 0.29) is 6.04 Å². The summed E-state index contributed by atoms with van der Waals surface area (Å²) in [5, 5.41) is 3.30. The molecule has 1 aromatic carbocycles. The molecule has 2 unspecified atom stereocenters. The highest BCUT2D eigenvalue weighted by molar-refractivity contribution is 5.28. The van der Waals surface area contributed by atoms with Crippen LogP contribution in [0.2, 0.25) is 0 Å². The first kappa shape index (κ1) is 12.4. The number of halogens is 3. The molecule has 1 aromatic rings. The van der Waals surface area contributed by atoms with Crippen molar-refractivity contribution in [3.8, 4) is 0 Å². The lowest BCUT2D eigenvalue weighted by atomic mass is 9.91. The lowest BCUT2D eigenvalue weighted by Gasteiger charge is -2.28. The van der Waals surface area contributed by atoms with Gasteiger partial charge in [0.2, 0.25) is 0 Å². The zero-order valence-electron chi connectivity index (χ0n) is 9.72. The zero-order chi connectivity index (χ0) is 12.5. The topological polar surface area (TPSA) is 12.0 Å². The molecule has 0 bridgehead atoms. The Kier molecular flexibility index (Phi) is 3.43. The van der Waals surface area contributed by atoms with Crippen LogP contribution in [0.3, 0.4) is 0 Å². The van der Waals surface area contributed by atoms with Crippen LogP contribution in [0.4, 0.5) is 13.2 Å². The van der Waals surface area contributed by atoms with E-state index in [0.29, 0.717) is 5.92 Å². The van der Waals surface area contributed by atoms with Crippen molar-refractivity contribution < 1.29 is 13.2 Å². The van der Waals surface area contributed by atoms with Crippen molar-refractivity contribution in [1.82, 2.24) is 5.32 Å². The molecule has 0 saturated carbocycles. The van der Waals surface area contributed by atoms with E-state index in [1.54, 1.807) is 6.07 Å². The molecule has 2 rings (SSSR count). The number of hydrogen-bond acceptors (Lipinski definition) is 1. The van der Waals surface area contributed by atoms with E-state index in [2.05, 4.69) is 12.2 Å². The summed E-state index contributed by atoms with van der Waals surface area (Å²) >= 11 is 0. The third-order valence-corrected chi connectivity index (χ3v) is 3.28. The van der Waals surface area contributed by atoms with Crippen molar-refractivity contribution in [2.75, 3.05) is 6.54 Å². The van der Waals surface area contributed by atoms with E-state index >= 15 is 0 Å². The average Bonchev–Trinajstić information content (AvgIpc) is 2.29. The first-order valence-electron chi connectivity index (χ1n) is 5.87. The molecule has 4 heteroatoms. The standard InChI is InChI=1S/C13H16F3N/c1-9-5-6-12(17-8-9)10-3-2-4-11(7-10)13(14,15)16/h2-4,7,9,12,17H,5-6,8H2,1H3. The van der Waals surface area contributed by atoms with Crippen LogP contribution in [0.1, 0.15) is 36.9 Å². The number of piperidine rings is 1. The summed E-state index contributed by atoms with van der Waals surface area (Å²) in [6, 6.07) is 5.69. The molecule has 0 spiro atoms. The molecule has 2 atom stereocenters. The number of alkyl halides is 3. The van der Waals surface area contributed by atoms with Gasteiger partial charge in [-0.15, -0.1) is 0 Å². The summed E-state index contributed by atoms with van der Waals surface area (Å²) in [5.41, 5.74) is 0.183. The van der Waals surface area contributed by atoms with Gasteiger partial charge in [0.25, 0.3) is 0 Å². The zero-order valence-corrected chi connectivity index (χ0v) is 9.72. The first-order chi connectivity index (χ1) is 7.97. The Morgan fingerprint density at radius 1 is 1.24 bits per heavy atom. The molecule has 0 aliphatic carbocycles. The highest BCUT2D eigenvalue weighted by Crippen LogP contribution is 2.32. The molecule has 94 valence electrons. The lowest BCUT2D eigenvalue weighted by Crippen LogP contribution is -2.31. The average molecular weight is 243 g/mol. The fourth-order valence-electron chi connectivity index (χ4n) is 2.22. The SMILES string of the molecule is CC1CCC(c2cccc(C(F)(F)F)c2)NC1. The maximum absolute atomic E-state index is 12.6. The monoisotopic (exact) mass is 243 g/mol.